The molecule has 2 aromatic heterocycles. The van der Waals surface area contributed by atoms with E-state index in [-0.39, 0.29) is 17.8 Å². The summed E-state index contributed by atoms with van der Waals surface area (Å²) in [5, 5.41) is 10.5. The Hall–Kier alpha value is -2.87. The molecular formula is C21H27N5O3. The number of nitrogens with zero attached hydrogens (tertiary/aromatic N) is 5. The quantitative estimate of drug-likeness (QED) is 0.665. The molecule has 0 saturated heterocycles. The van der Waals surface area contributed by atoms with Gasteiger partial charge in [-0.1, -0.05) is 37.5 Å². The largest absolute Gasteiger partial charge is 0.389 e. The summed E-state index contributed by atoms with van der Waals surface area (Å²) in [5.41, 5.74) is 2.06. The number of aromatic nitrogens is 4. The standard InChI is InChI=1S/C21H27N5O3/c1-4-5-6-11-24-19(28)17-18(23(3)21(24)29)22-20-25(12-16(27)13-26(17)20)15-9-7-14(2)8-10-15/h7-10,16,27H,4-6,11-13H2,1-3H3/t16-/m1/s1. The molecule has 0 radical (unpaired) electrons. The second kappa shape index (κ2) is 7.51. The summed E-state index contributed by atoms with van der Waals surface area (Å²) in [7, 11) is 1.64. The molecule has 3 aromatic rings. The predicted octanol–water partition coefficient (Wildman–Crippen LogP) is 1.91. The van der Waals surface area contributed by atoms with Gasteiger partial charge in [0.25, 0.3) is 5.56 Å². The molecule has 0 unspecified atom stereocenters. The minimum atomic E-state index is -0.647. The van der Waals surface area contributed by atoms with Crippen molar-refractivity contribution in [1.29, 1.82) is 0 Å². The van der Waals surface area contributed by atoms with Crippen molar-refractivity contribution in [2.45, 2.75) is 52.3 Å². The van der Waals surface area contributed by atoms with Crippen LogP contribution in [0.3, 0.4) is 0 Å². The first kappa shape index (κ1) is 19.4. The van der Waals surface area contributed by atoms with E-state index in [9.17, 15) is 14.7 Å². The maximum Gasteiger partial charge on any atom is 0.332 e. The fourth-order valence-electron chi connectivity index (χ4n) is 3.96. The van der Waals surface area contributed by atoms with E-state index in [1.807, 2.05) is 36.1 Å². The number of β-amino-alcohol motifs (C(OH)–C–C–N with tert-alkyl or cyclic N) is 1. The zero-order valence-corrected chi connectivity index (χ0v) is 17.1. The van der Waals surface area contributed by atoms with Crippen LogP contribution in [0.1, 0.15) is 31.7 Å². The van der Waals surface area contributed by atoms with Crippen molar-refractivity contribution in [2.24, 2.45) is 7.05 Å². The van der Waals surface area contributed by atoms with Gasteiger partial charge in [0.1, 0.15) is 0 Å². The minimum Gasteiger partial charge on any atom is -0.389 e. The number of hydrogen-bond acceptors (Lipinski definition) is 5. The Morgan fingerprint density at radius 1 is 1.14 bits per heavy atom. The second-order valence-corrected chi connectivity index (χ2v) is 7.80. The number of aliphatic hydroxyl groups excluding tert-OH is 1. The fraction of sp³-hybridized carbons (Fsp3) is 0.476. The lowest BCUT2D eigenvalue weighted by molar-refractivity contribution is 0.154. The first-order valence-electron chi connectivity index (χ1n) is 10.1. The van der Waals surface area contributed by atoms with Crippen molar-refractivity contribution in [3.63, 3.8) is 0 Å². The van der Waals surface area contributed by atoms with Crippen LogP contribution in [0.15, 0.2) is 33.9 Å². The van der Waals surface area contributed by atoms with Gasteiger partial charge in [-0.2, -0.15) is 4.98 Å². The molecule has 0 saturated carbocycles. The van der Waals surface area contributed by atoms with E-state index in [1.54, 1.807) is 11.6 Å². The lowest BCUT2D eigenvalue weighted by Gasteiger charge is -2.32. The Kier molecular flexibility index (Phi) is 5.04. The Morgan fingerprint density at radius 2 is 1.86 bits per heavy atom. The van der Waals surface area contributed by atoms with Crippen LogP contribution in [0.25, 0.3) is 11.2 Å². The maximum atomic E-state index is 13.2. The number of rotatable bonds is 5. The Morgan fingerprint density at radius 3 is 2.55 bits per heavy atom. The van der Waals surface area contributed by atoms with Gasteiger partial charge in [-0.05, 0) is 25.5 Å². The van der Waals surface area contributed by atoms with Gasteiger partial charge >= 0.3 is 5.69 Å². The van der Waals surface area contributed by atoms with E-state index in [0.717, 1.165) is 30.5 Å². The van der Waals surface area contributed by atoms with Crippen molar-refractivity contribution < 1.29 is 5.11 Å². The Balaban J connectivity index is 1.91. The SMILES string of the molecule is CCCCCn1c(=O)c2c(nc3n2C[C@H](O)CN3c2ccc(C)cc2)n(C)c1=O. The lowest BCUT2D eigenvalue weighted by Crippen LogP contribution is -2.41. The van der Waals surface area contributed by atoms with Gasteiger partial charge in [0.05, 0.1) is 19.2 Å². The number of aliphatic hydroxyl groups is 1. The van der Waals surface area contributed by atoms with Gasteiger partial charge in [0, 0.05) is 19.3 Å². The first-order valence-corrected chi connectivity index (χ1v) is 10.1. The van der Waals surface area contributed by atoms with E-state index in [1.165, 1.54) is 9.13 Å². The third kappa shape index (κ3) is 3.27. The number of fused-ring (bicyclic) bond motifs is 3. The molecule has 8 nitrogen and oxygen atoms in total. The first-order chi connectivity index (χ1) is 13.9. The van der Waals surface area contributed by atoms with Crippen LogP contribution in [0.2, 0.25) is 0 Å². The molecule has 1 aromatic carbocycles. The summed E-state index contributed by atoms with van der Waals surface area (Å²) in [4.78, 5) is 32.5. The number of anilines is 2. The van der Waals surface area contributed by atoms with Crippen LogP contribution in [-0.2, 0) is 20.1 Å². The van der Waals surface area contributed by atoms with Crippen molar-refractivity contribution in [3.8, 4) is 0 Å². The molecule has 0 bridgehead atoms. The van der Waals surface area contributed by atoms with Gasteiger partial charge in [-0.15, -0.1) is 0 Å². The average molecular weight is 397 g/mol. The van der Waals surface area contributed by atoms with Crippen molar-refractivity contribution >= 4 is 22.8 Å². The molecule has 4 rings (SSSR count). The highest BCUT2D eigenvalue weighted by molar-refractivity contribution is 5.77. The lowest BCUT2D eigenvalue weighted by atomic mass is 10.2. The Bertz CT molecular complexity index is 1160. The Labute approximate surface area is 168 Å². The smallest absolute Gasteiger partial charge is 0.332 e. The highest BCUT2D eigenvalue weighted by atomic mass is 16.3. The topological polar surface area (TPSA) is 85.3 Å². The third-order valence-electron chi connectivity index (χ3n) is 5.57. The molecule has 1 atom stereocenters. The summed E-state index contributed by atoms with van der Waals surface area (Å²) in [5.74, 6) is 0.576. The van der Waals surface area contributed by atoms with E-state index in [2.05, 4.69) is 11.9 Å². The van der Waals surface area contributed by atoms with Gasteiger partial charge in [0.2, 0.25) is 5.95 Å². The number of hydrogen-bond donors (Lipinski definition) is 1. The van der Waals surface area contributed by atoms with Crippen molar-refractivity contribution in [1.82, 2.24) is 18.7 Å². The fourth-order valence-corrected chi connectivity index (χ4v) is 3.96. The second-order valence-electron chi connectivity index (χ2n) is 7.80. The van der Waals surface area contributed by atoms with Crippen LogP contribution in [0.5, 0.6) is 0 Å². The molecule has 8 heteroatoms. The summed E-state index contributed by atoms with van der Waals surface area (Å²) in [6, 6.07) is 7.94. The number of benzene rings is 1. The number of unbranched alkanes of at least 4 members (excludes halogenated alkanes) is 2. The highest BCUT2D eigenvalue weighted by Gasteiger charge is 2.30. The van der Waals surface area contributed by atoms with Crippen LogP contribution < -0.4 is 16.1 Å². The minimum absolute atomic E-state index is 0.274. The van der Waals surface area contributed by atoms with Crippen LogP contribution in [0.4, 0.5) is 11.6 Å². The van der Waals surface area contributed by atoms with Gasteiger partial charge < -0.3 is 14.6 Å². The normalized spacial score (nSPS) is 16.4. The summed E-state index contributed by atoms with van der Waals surface area (Å²) >= 11 is 0. The summed E-state index contributed by atoms with van der Waals surface area (Å²) in [6.45, 7) is 5.14. The average Bonchev–Trinajstić information content (AvgIpc) is 3.08. The molecule has 1 aliphatic rings. The van der Waals surface area contributed by atoms with E-state index in [4.69, 9.17) is 0 Å². The molecular weight excluding hydrogens is 370 g/mol. The van der Waals surface area contributed by atoms with Crippen molar-refractivity contribution in [2.75, 3.05) is 11.4 Å². The van der Waals surface area contributed by atoms with E-state index in [0.29, 0.717) is 30.2 Å². The van der Waals surface area contributed by atoms with Crippen LogP contribution in [-0.4, -0.2) is 36.4 Å². The third-order valence-corrected chi connectivity index (χ3v) is 5.57. The monoisotopic (exact) mass is 397 g/mol. The molecule has 1 N–H and O–H groups in total. The molecule has 29 heavy (non-hydrogen) atoms. The summed E-state index contributed by atoms with van der Waals surface area (Å²) < 4.78 is 4.49. The number of imidazole rings is 1. The maximum absolute atomic E-state index is 13.2. The van der Waals surface area contributed by atoms with E-state index < -0.39 is 6.10 Å². The van der Waals surface area contributed by atoms with Gasteiger partial charge in [0.15, 0.2) is 11.2 Å². The molecule has 1 aliphatic heterocycles. The van der Waals surface area contributed by atoms with E-state index >= 15 is 0 Å². The molecule has 154 valence electrons. The highest BCUT2D eigenvalue weighted by Crippen LogP contribution is 2.31. The van der Waals surface area contributed by atoms with Gasteiger partial charge in [-0.3, -0.25) is 13.9 Å². The number of aryl methyl sites for hydroxylation is 2. The summed E-state index contributed by atoms with van der Waals surface area (Å²) in [6.07, 6.45) is 2.09. The molecule has 0 spiro atoms. The van der Waals surface area contributed by atoms with Crippen LogP contribution in [0, 0.1) is 6.92 Å². The molecule has 0 fully saturated rings. The molecule has 0 amide bonds. The predicted molar refractivity (Wildman–Crippen MR) is 113 cm³/mol. The zero-order chi connectivity index (χ0) is 20.7. The van der Waals surface area contributed by atoms with Crippen molar-refractivity contribution in [3.05, 3.63) is 50.7 Å². The zero-order valence-electron chi connectivity index (χ0n) is 17.1. The molecule has 3 heterocycles. The molecule has 0 aliphatic carbocycles. The van der Waals surface area contributed by atoms with Gasteiger partial charge in [-0.25, -0.2) is 4.79 Å². The van der Waals surface area contributed by atoms with Crippen LogP contribution >= 0.6 is 0 Å².